The molecule has 1 aliphatic heterocycles. The molecule has 2 aromatic heterocycles. The van der Waals surface area contributed by atoms with E-state index in [-0.39, 0.29) is 5.82 Å². The summed E-state index contributed by atoms with van der Waals surface area (Å²) in [6, 6.07) is 5.14. The molecule has 1 fully saturated rings. The van der Waals surface area contributed by atoms with E-state index in [4.69, 9.17) is 0 Å². The molecule has 0 spiro atoms. The Labute approximate surface area is 143 Å². The summed E-state index contributed by atoms with van der Waals surface area (Å²) < 4.78 is 1.23. The van der Waals surface area contributed by atoms with Crippen LogP contribution in [0.1, 0.15) is 26.2 Å². The maximum Gasteiger partial charge on any atom is 0.376 e. The van der Waals surface area contributed by atoms with Gasteiger partial charge in [0, 0.05) is 24.5 Å². The molecule has 128 valence electrons. The van der Waals surface area contributed by atoms with Crippen LogP contribution in [0.5, 0.6) is 0 Å². The normalized spacial score (nSPS) is 18.5. The van der Waals surface area contributed by atoms with Crippen LogP contribution in [0, 0.1) is 10.1 Å². The van der Waals surface area contributed by atoms with Crippen LogP contribution in [0.15, 0.2) is 29.2 Å². The Hall–Kier alpha value is -2.09. The van der Waals surface area contributed by atoms with Crippen molar-refractivity contribution in [1.82, 2.24) is 9.38 Å². The predicted octanol–water partition coefficient (Wildman–Crippen LogP) is 2.71. The van der Waals surface area contributed by atoms with Crippen molar-refractivity contribution in [2.75, 3.05) is 23.7 Å². The smallest absolute Gasteiger partial charge is 0.350 e. The summed E-state index contributed by atoms with van der Waals surface area (Å²) in [6.45, 7) is 3.49. The molecule has 0 N–H and O–H groups in total. The minimum absolute atomic E-state index is 0.208. The van der Waals surface area contributed by atoms with Crippen molar-refractivity contribution >= 4 is 28.9 Å². The van der Waals surface area contributed by atoms with E-state index in [1.165, 1.54) is 10.6 Å². The van der Waals surface area contributed by atoms with Gasteiger partial charge in [0.1, 0.15) is 5.65 Å². The Bertz CT molecular complexity index is 807. The third kappa shape index (κ3) is 3.24. The summed E-state index contributed by atoms with van der Waals surface area (Å²) >= 11 is 1.86. The second-order valence-corrected chi connectivity index (χ2v) is 7.37. The molecule has 1 unspecified atom stereocenters. The highest BCUT2D eigenvalue weighted by atomic mass is 32.2. The lowest BCUT2D eigenvalue weighted by atomic mass is 10.2. The average molecular weight is 348 g/mol. The van der Waals surface area contributed by atoms with Crippen LogP contribution in [-0.4, -0.2) is 38.4 Å². The van der Waals surface area contributed by atoms with Crippen molar-refractivity contribution in [3.8, 4) is 0 Å². The summed E-state index contributed by atoms with van der Waals surface area (Å²) in [5.41, 5.74) is -0.613. The van der Waals surface area contributed by atoms with Crippen molar-refractivity contribution in [2.45, 2.75) is 31.4 Å². The van der Waals surface area contributed by atoms with Crippen LogP contribution in [-0.2, 0) is 0 Å². The highest BCUT2D eigenvalue weighted by Gasteiger charge is 2.30. The van der Waals surface area contributed by atoms with Gasteiger partial charge in [-0.2, -0.15) is 11.8 Å². The molecule has 3 rings (SSSR count). The molecule has 8 heteroatoms. The zero-order chi connectivity index (χ0) is 17.1. The lowest BCUT2D eigenvalue weighted by molar-refractivity contribution is -0.385. The number of pyridine rings is 1. The number of anilines is 1. The number of fused-ring (bicyclic) bond motifs is 1. The first-order valence-electron chi connectivity index (χ1n) is 8.14. The van der Waals surface area contributed by atoms with Gasteiger partial charge in [-0.1, -0.05) is 19.4 Å². The quantitative estimate of drug-likeness (QED) is 0.624. The zero-order valence-corrected chi connectivity index (χ0v) is 14.4. The van der Waals surface area contributed by atoms with E-state index < -0.39 is 16.2 Å². The minimum atomic E-state index is -0.621. The Morgan fingerprint density at radius 1 is 1.42 bits per heavy atom. The molecule has 1 aliphatic rings. The van der Waals surface area contributed by atoms with Crippen molar-refractivity contribution in [3.63, 3.8) is 0 Å². The Morgan fingerprint density at radius 3 is 3.00 bits per heavy atom. The topological polar surface area (TPSA) is 80.8 Å². The standard InChI is InChI=1S/C16H20N4O3S/c1-2-24-12-7-3-5-9-18(11-12)15-14(20(22)23)16(21)19-10-6-4-8-13(19)17-15/h4,6,8,10,12H,2-3,5,7,9,11H2,1H3. The number of thioether (sulfide) groups is 1. The summed E-state index contributed by atoms with van der Waals surface area (Å²) in [5, 5.41) is 12.0. The molecule has 2 aromatic rings. The molecule has 1 atom stereocenters. The third-order valence-corrected chi connectivity index (χ3v) is 5.39. The molecule has 0 radical (unpaired) electrons. The fraction of sp³-hybridized carbons (Fsp3) is 0.500. The van der Waals surface area contributed by atoms with Gasteiger partial charge in [0.25, 0.3) is 0 Å². The number of nitro groups is 1. The largest absolute Gasteiger partial charge is 0.376 e. The lowest BCUT2D eigenvalue weighted by Gasteiger charge is -2.24. The van der Waals surface area contributed by atoms with Gasteiger partial charge in [-0.15, -0.1) is 0 Å². The number of hydrogen-bond donors (Lipinski definition) is 0. The maximum atomic E-state index is 12.6. The summed E-state index contributed by atoms with van der Waals surface area (Å²) in [6.07, 6.45) is 4.65. The summed E-state index contributed by atoms with van der Waals surface area (Å²) in [5.74, 6) is 1.22. The molecule has 7 nitrogen and oxygen atoms in total. The fourth-order valence-corrected chi connectivity index (χ4v) is 4.21. The molecule has 0 bridgehead atoms. The second-order valence-electron chi connectivity index (χ2n) is 5.79. The molecular weight excluding hydrogens is 328 g/mol. The number of aromatic nitrogens is 2. The fourth-order valence-electron chi connectivity index (χ4n) is 3.12. The van der Waals surface area contributed by atoms with Crippen LogP contribution in [0.25, 0.3) is 5.65 Å². The summed E-state index contributed by atoms with van der Waals surface area (Å²) in [7, 11) is 0. The first-order valence-corrected chi connectivity index (χ1v) is 9.19. The molecule has 24 heavy (non-hydrogen) atoms. The predicted molar refractivity (Wildman–Crippen MR) is 96.1 cm³/mol. The van der Waals surface area contributed by atoms with Gasteiger partial charge in [0.15, 0.2) is 0 Å². The molecule has 1 saturated heterocycles. The first-order chi connectivity index (χ1) is 11.6. The highest BCUT2D eigenvalue weighted by molar-refractivity contribution is 7.99. The van der Waals surface area contributed by atoms with Gasteiger partial charge >= 0.3 is 11.2 Å². The van der Waals surface area contributed by atoms with Crippen LogP contribution >= 0.6 is 11.8 Å². The molecule has 0 amide bonds. The minimum Gasteiger partial charge on any atom is -0.350 e. The van der Waals surface area contributed by atoms with E-state index in [2.05, 4.69) is 11.9 Å². The van der Waals surface area contributed by atoms with Crippen molar-refractivity contribution in [3.05, 3.63) is 44.9 Å². The maximum absolute atomic E-state index is 12.6. The first kappa shape index (κ1) is 16.8. The molecule has 0 aromatic carbocycles. The number of hydrogen-bond acceptors (Lipinski definition) is 6. The van der Waals surface area contributed by atoms with E-state index >= 15 is 0 Å². The Balaban J connectivity index is 2.11. The van der Waals surface area contributed by atoms with E-state index in [1.54, 1.807) is 18.2 Å². The van der Waals surface area contributed by atoms with Crippen molar-refractivity contribution in [2.24, 2.45) is 0 Å². The number of rotatable bonds is 4. The van der Waals surface area contributed by atoms with Gasteiger partial charge in [-0.05, 0) is 30.7 Å². The van der Waals surface area contributed by atoms with Crippen molar-refractivity contribution in [1.29, 1.82) is 0 Å². The second kappa shape index (κ2) is 7.21. The summed E-state index contributed by atoms with van der Waals surface area (Å²) in [4.78, 5) is 29.9. The molecule has 3 heterocycles. The number of nitrogens with zero attached hydrogens (tertiary/aromatic N) is 4. The third-order valence-electron chi connectivity index (χ3n) is 4.20. The van der Waals surface area contributed by atoms with E-state index in [9.17, 15) is 14.9 Å². The Morgan fingerprint density at radius 2 is 2.25 bits per heavy atom. The molecular formula is C16H20N4O3S. The van der Waals surface area contributed by atoms with Crippen LogP contribution in [0.4, 0.5) is 11.5 Å². The van der Waals surface area contributed by atoms with E-state index in [0.717, 1.165) is 25.0 Å². The Kier molecular flexibility index (Phi) is 5.03. The monoisotopic (exact) mass is 348 g/mol. The van der Waals surface area contributed by atoms with Gasteiger partial charge in [-0.3, -0.25) is 19.3 Å². The lowest BCUT2D eigenvalue weighted by Crippen LogP contribution is -2.33. The molecule has 0 saturated carbocycles. The van der Waals surface area contributed by atoms with Crippen LogP contribution < -0.4 is 10.5 Å². The van der Waals surface area contributed by atoms with Crippen molar-refractivity contribution < 1.29 is 4.92 Å². The molecule has 0 aliphatic carbocycles. The van der Waals surface area contributed by atoms with Gasteiger partial charge in [0.2, 0.25) is 5.82 Å². The van der Waals surface area contributed by atoms with Gasteiger partial charge < -0.3 is 4.90 Å². The highest BCUT2D eigenvalue weighted by Crippen LogP contribution is 2.29. The van der Waals surface area contributed by atoms with Gasteiger partial charge in [0.05, 0.1) is 4.92 Å². The zero-order valence-electron chi connectivity index (χ0n) is 13.6. The van der Waals surface area contributed by atoms with E-state index in [0.29, 0.717) is 24.0 Å². The van der Waals surface area contributed by atoms with Crippen LogP contribution in [0.3, 0.4) is 0 Å². The SMILES string of the molecule is CCSC1CCCCN(c2nc3ccccn3c(=O)c2[N+](=O)[O-])C1. The van der Waals surface area contributed by atoms with E-state index in [1.807, 2.05) is 16.7 Å². The average Bonchev–Trinajstić information content (AvgIpc) is 2.80. The van der Waals surface area contributed by atoms with Gasteiger partial charge in [-0.25, -0.2) is 4.98 Å². The van der Waals surface area contributed by atoms with Crippen LogP contribution in [0.2, 0.25) is 0 Å².